The minimum absolute atomic E-state index is 0.0180. The lowest BCUT2D eigenvalue weighted by Gasteiger charge is -2.37. The van der Waals surface area contributed by atoms with E-state index < -0.39 is 5.97 Å². The molecule has 0 radical (unpaired) electrons. The van der Waals surface area contributed by atoms with E-state index in [1.165, 1.54) is 7.11 Å². The Morgan fingerprint density at radius 1 is 1.31 bits per heavy atom. The third kappa shape index (κ3) is 3.77. The molecule has 0 aliphatic carbocycles. The summed E-state index contributed by atoms with van der Waals surface area (Å²) >= 11 is 0. The van der Waals surface area contributed by atoms with Crippen LogP contribution in [0.2, 0.25) is 0 Å². The molecule has 3 heterocycles. The predicted octanol–water partition coefficient (Wildman–Crippen LogP) is 1.12. The van der Waals surface area contributed by atoms with Crippen molar-refractivity contribution in [3.05, 3.63) is 47.6 Å². The molecule has 3 aliphatic rings. The molecule has 4 rings (SSSR count). The van der Waals surface area contributed by atoms with Crippen molar-refractivity contribution in [3.63, 3.8) is 0 Å². The van der Waals surface area contributed by atoms with E-state index in [2.05, 4.69) is 10.6 Å². The summed E-state index contributed by atoms with van der Waals surface area (Å²) in [6, 6.07) is 7.20. The van der Waals surface area contributed by atoms with Gasteiger partial charge in [0.25, 0.3) is 0 Å². The molecular weight excluding hydrogens is 412 g/mol. The van der Waals surface area contributed by atoms with Gasteiger partial charge in [0.1, 0.15) is 23.4 Å². The Balaban J connectivity index is 1.71. The zero-order valence-corrected chi connectivity index (χ0v) is 18.7. The summed E-state index contributed by atoms with van der Waals surface area (Å²) in [5, 5.41) is 10.1. The number of benzene rings is 1. The predicted molar refractivity (Wildman–Crippen MR) is 119 cm³/mol. The number of para-hydroxylation sites is 2. The molecule has 1 aromatic rings. The molecule has 10 heteroatoms. The van der Waals surface area contributed by atoms with E-state index in [0.717, 1.165) is 5.69 Å². The van der Waals surface area contributed by atoms with Gasteiger partial charge in [-0.25, -0.2) is 14.8 Å². The molecule has 0 saturated carbocycles. The Hall–Kier alpha value is -3.53. The van der Waals surface area contributed by atoms with E-state index in [9.17, 15) is 9.59 Å². The molecule has 0 unspecified atom stereocenters. The van der Waals surface area contributed by atoms with Crippen molar-refractivity contribution in [2.45, 2.75) is 19.4 Å². The molecule has 1 saturated heterocycles. The topological polar surface area (TPSA) is 98.7 Å². The van der Waals surface area contributed by atoms with Crippen LogP contribution in [0.15, 0.2) is 52.5 Å². The number of esters is 1. The molecule has 0 bridgehead atoms. The summed E-state index contributed by atoms with van der Waals surface area (Å²) in [6.45, 7) is 3.36. The summed E-state index contributed by atoms with van der Waals surface area (Å²) in [7, 11) is 4.92. The van der Waals surface area contributed by atoms with Crippen LogP contribution in [0.25, 0.3) is 0 Å². The zero-order valence-electron chi connectivity index (χ0n) is 18.7. The van der Waals surface area contributed by atoms with Gasteiger partial charge >= 0.3 is 5.97 Å². The lowest BCUT2D eigenvalue weighted by Crippen LogP contribution is -2.50. The van der Waals surface area contributed by atoms with Crippen LogP contribution in [0.1, 0.15) is 13.3 Å². The van der Waals surface area contributed by atoms with Crippen molar-refractivity contribution >= 4 is 23.4 Å². The van der Waals surface area contributed by atoms with Gasteiger partial charge in [0.05, 0.1) is 31.5 Å². The fourth-order valence-electron chi connectivity index (χ4n) is 4.10. The molecule has 0 spiro atoms. The summed E-state index contributed by atoms with van der Waals surface area (Å²) in [5.74, 6) is 1.90. The molecule has 3 aliphatic heterocycles. The zero-order chi connectivity index (χ0) is 22.8. The smallest absolute Gasteiger partial charge is 0.338 e. The van der Waals surface area contributed by atoms with Crippen LogP contribution in [0.3, 0.4) is 0 Å². The number of amides is 1. The molecule has 10 nitrogen and oxygen atoms in total. The van der Waals surface area contributed by atoms with Crippen molar-refractivity contribution in [3.8, 4) is 5.75 Å². The van der Waals surface area contributed by atoms with Crippen LogP contribution >= 0.6 is 0 Å². The van der Waals surface area contributed by atoms with Crippen LogP contribution in [0.5, 0.6) is 5.75 Å². The monoisotopic (exact) mass is 440 g/mol. The first-order valence-corrected chi connectivity index (χ1v) is 10.6. The fraction of sp³-hybridized carbons (Fsp3) is 0.409. The highest BCUT2D eigenvalue weighted by atomic mass is 16.5. The molecule has 170 valence electrons. The number of nitrogens with one attached hydrogen (secondary N) is 2. The van der Waals surface area contributed by atoms with E-state index in [-0.39, 0.29) is 18.5 Å². The van der Waals surface area contributed by atoms with Gasteiger partial charge in [0.15, 0.2) is 5.82 Å². The average Bonchev–Trinajstić information content (AvgIpc) is 3.34. The Bertz CT molecular complexity index is 1020. The van der Waals surface area contributed by atoms with E-state index in [1.54, 1.807) is 24.0 Å². The Morgan fingerprint density at radius 2 is 2.09 bits per heavy atom. The number of ether oxygens (including phenoxy) is 2. The van der Waals surface area contributed by atoms with Crippen molar-refractivity contribution in [2.24, 2.45) is 4.99 Å². The van der Waals surface area contributed by atoms with E-state index in [4.69, 9.17) is 14.5 Å². The molecule has 2 N–H and O–H groups in total. The Kier molecular flexibility index (Phi) is 6.04. The van der Waals surface area contributed by atoms with Gasteiger partial charge in [-0.15, -0.1) is 0 Å². The molecule has 0 aromatic heterocycles. The average molecular weight is 441 g/mol. The highest BCUT2D eigenvalue weighted by Gasteiger charge is 2.46. The number of anilines is 1. The number of carbonyl (C=O) groups excluding carboxylic acids is 2. The molecule has 1 atom stereocenters. The number of likely N-dealkylation sites (tertiary alicyclic amines) is 1. The standard InChI is InChI=1S/C22H28N6O4/c1-5-32-17-9-7-6-8-15(17)24-18-12-19(23-2)28-20(25-18)14(22(30)31-4)13-27(28)16-10-11-26(3)21(16)29/h6-9,12,16,23H,5,10-11,13H2,1-4H3,(H,24,25)/t16-/m1/s1. The van der Waals surface area contributed by atoms with Gasteiger partial charge in [-0.3, -0.25) is 4.79 Å². The van der Waals surface area contributed by atoms with Gasteiger partial charge in [0, 0.05) is 26.7 Å². The first-order valence-electron chi connectivity index (χ1n) is 10.6. The SMILES string of the molecule is CCOc1ccccc1NC1=NC2=C(C(=O)OC)CN([C@@H]3CCN(C)C3=O)N2C(NC)=C1. The Morgan fingerprint density at radius 3 is 2.75 bits per heavy atom. The van der Waals surface area contributed by atoms with Crippen molar-refractivity contribution in [1.29, 1.82) is 0 Å². The maximum atomic E-state index is 12.7. The van der Waals surface area contributed by atoms with Crippen LogP contribution in [-0.4, -0.2) is 79.6 Å². The number of methoxy groups -OCH3 is 1. The minimum atomic E-state index is -0.471. The Labute approximate surface area is 187 Å². The summed E-state index contributed by atoms with van der Waals surface area (Å²) in [5.41, 5.74) is 1.16. The maximum absolute atomic E-state index is 12.7. The number of carbonyl (C=O) groups is 2. The number of hydrogen-bond acceptors (Lipinski definition) is 9. The number of fused-ring (bicyclic) bond motifs is 1. The molecule has 1 amide bonds. The van der Waals surface area contributed by atoms with Crippen molar-refractivity contribution < 1.29 is 19.1 Å². The largest absolute Gasteiger partial charge is 0.492 e. The number of rotatable bonds is 6. The van der Waals surface area contributed by atoms with Gasteiger partial charge < -0.3 is 25.0 Å². The third-order valence-electron chi connectivity index (χ3n) is 5.67. The van der Waals surface area contributed by atoms with Gasteiger partial charge in [0.2, 0.25) is 5.91 Å². The van der Waals surface area contributed by atoms with E-state index in [0.29, 0.717) is 48.4 Å². The quantitative estimate of drug-likeness (QED) is 0.635. The van der Waals surface area contributed by atoms with Crippen LogP contribution in [-0.2, 0) is 14.3 Å². The number of nitrogens with zero attached hydrogens (tertiary/aromatic N) is 4. The lowest BCUT2D eigenvalue weighted by molar-refractivity contribution is -0.138. The van der Waals surface area contributed by atoms with Gasteiger partial charge in [-0.2, -0.15) is 5.01 Å². The van der Waals surface area contributed by atoms with Crippen molar-refractivity contribution in [1.82, 2.24) is 20.2 Å². The number of aliphatic imine (C=N–C) groups is 1. The van der Waals surface area contributed by atoms with Gasteiger partial charge in [-0.1, -0.05) is 12.1 Å². The second kappa shape index (κ2) is 8.91. The van der Waals surface area contributed by atoms with Crippen LogP contribution in [0, 0.1) is 0 Å². The molecular formula is C22H28N6O4. The summed E-state index contributed by atoms with van der Waals surface area (Å²) < 4.78 is 10.7. The number of hydrazine groups is 1. The third-order valence-corrected chi connectivity index (χ3v) is 5.67. The fourth-order valence-corrected chi connectivity index (χ4v) is 4.10. The van der Waals surface area contributed by atoms with Crippen LogP contribution in [0.4, 0.5) is 5.69 Å². The second-order valence-electron chi connectivity index (χ2n) is 7.60. The summed E-state index contributed by atoms with van der Waals surface area (Å²) in [6.07, 6.45) is 2.50. The maximum Gasteiger partial charge on any atom is 0.338 e. The normalized spacial score (nSPS) is 20.8. The molecule has 1 fully saturated rings. The lowest BCUT2D eigenvalue weighted by atomic mass is 10.2. The highest BCUT2D eigenvalue weighted by Crippen LogP contribution is 2.35. The number of amidine groups is 1. The van der Waals surface area contributed by atoms with Crippen molar-refractivity contribution in [2.75, 3.05) is 46.2 Å². The number of likely N-dealkylation sites (N-methyl/N-ethyl adjacent to an activating group) is 1. The second-order valence-corrected chi connectivity index (χ2v) is 7.60. The van der Waals surface area contributed by atoms with E-state index in [1.807, 2.05) is 42.3 Å². The van der Waals surface area contributed by atoms with Gasteiger partial charge in [-0.05, 0) is 25.5 Å². The molecule has 32 heavy (non-hydrogen) atoms. The highest BCUT2D eigenvalue weighted by molar-refractivity contribution is 6.06. The molecule has 1 aromatic carbocycles. The number of hydrogen-bond donors (Lipinski definition) is 2. The first kappa shape index (κ1) is 21.7. The summed E-state index contributed by atoms with van der Waals surface area (Å²) in [4.78, 5) is 31.8. The minimum Gasteiger partial charge on any atom is -0.492 e. The van der Waals surface area contributed by atoms with Crippen LogP contribution < -0.4 is 15.4 Å². The van der Waals surface area contributed by atoms with E-state index >= 15 is 0 Å². The first-order chi connectivity index (χ1) is 15.5.